The lowest BCUT2D eigenvalue weighted by molar-refractivity contribution is 0.414. The van der Waals surface area contributed by atoms with E-state index in [0.29, 0.717) is 6.04 Å². The van der Waals surface area contributed by atoms with E-state index in [4.69, 9.17) is 0 Å². The van der Waals surface area contributed by atoms with Crippen molar-refractivity contribution in [3.05, 3.63) is 22.8 Å². The molecule has 1 aromatic rings. The molecule has 1 aliphatic rings. The van der Waals surface area contributed by atoms with Crippen LogP contribution in [-0.4, -0.2) is 24.1 Å². The Kier molecular flexibility index (Phi) is 3.97. The van der Waals surface area contributed by atoms with Crippen LogP contribution in [0.5, 0.6) is 0 Å². The molecule has 0 spiro atoms. The van der Waals surface area contributed by atoms with Crippen molar-refractivity contribution >= 4 is 21.7 Å². The molecular weight excluding hydrogens is 254 g/mol. The Morgan fingerprint density at radius 3 is 3.13 bits per heavy atom. The van der Waals surface area contributed by atoms with Crippen molar-refractivity contribution in [2.24, 2.45) is 0 Å². The van der Waals surface area contributed by atoms with Crippen molar-refractivity contribution in [2.45, 2.75) is 25.3 Å². The summed E-state index contributed by atoms with van der Waals surface area (Å²) in [4.78, 5) is 4.34. The molecule has 3 nitrogen and oxygen atoms in total. The average Bonchev–Trinajstić information content (AvgIpc) is 2.28. The number of anilines is 1. The van der Waals surface area contributed by atoms with Crippen molar-refractivity contribution in [1.29, 1.82) is 0 Å². The van der Waals surface area contributed by atoms with Gasteiger partial charge in [0.05, 0.1) is 0 Å². The Morgan fingerprint density at radius 2 is 2.40 bits per heavy atom. The van der Waals surface area contributed by atoms with Crippen LogP contribution in [0.3, 0.4) is 0 Å². The van der Waals surface area contributed by atoms with Gasteiger partial charge in [-0.15, -0.1) is 0 Å². The molecule has 0 bridgehead atoms. The molecule has 0 aromatic carbocycles. The van der Waals surface area contributed by atoms with Gasteiger partial charge >= 0.3 is 0 Å². The van der Waals surface area contributed by atoms with Gasteiger partial charge in [0.2, 0.25) is 0 Å². The number of aromatic nitrogens is 1. The third kappa shape index (κ3) is 3.47. The van der Waals surface area contributed by atoms with Gasteiger partial charge in [-0.25, -0.2) is 4.98 Å². The molecule has 0 saturated carbocycles. The number of halogens is 1. The van der Waals surface area contributed by atoms with Crippen molar-refractivity contribution in [2.75, 3.05) is 18.4 Å². The molecule has 2 N–H and O–H groups in total. The molecule has 0 aliphatic carbocycles. The van der Waals surface area contributed by atoms with Gasteiger partial charge < -0.3 is 10.6 Å². The third-order valence-corrected chi connectivity index (χ3v) is 3.10. The lowest BCUT2D eigenvalue weighted by Gasteiger charge is -2.23. The maximum absolute atomic E-state index is 4.34. The first-order chi connectivity index (χ1) is 7.34. The number of piperidine rings is 1. The van der Waals surface area contributed by atoms with Gasteiger partial charge in [-0.3, -0.25) is 0 Å². The van der Waals surface area contributed by atoms with E-state index in [1.807, 2.05) is 18.2 Å². The highest BCUT2D eigenvalue weighted by atomic mass is 79.9. The Labute approximate surface area is 98.8 Å². The fourth-order valence-electron chi connectivity index (χ4n) is 1.83. The second kappa shape index (κ2) is 5.47. The SMILES string of the molecule is Brc1cccc(NC[C@H]2CCCCN2)n1. The summed E-state index contributed by atoms with van der Waals surface area (Å²) in [5.41, 5.74) is 0. The number of hydrogen-bond acceptors (Lipinski definition) is 3. The first-order valence-electron chi connectivity index (χ1n) is 5.44. The molecular formula is C11H16BrN3. The Bertz CT molecular complexity index is 310. The molecule has 1 atom stereocenters. The Hall–Kier alpha value is -0.610. The van der Waals surface area contributed by atoms with Crippen molar-refractivity contribution in [1.82, 2.24) is 10.3 Å². The average molecular weight is 270 g/mol. The fraction of sp³-hybridized carbons (Fsp3) is 0.545. The predicted octanol–water partition coefficient (Wildman–Crippen LogP) is 2.40. The number of nitrogens with one attached hydrogen (secondary N) is 2. The van der Waals surface area contributed by atoms with E-state index in [1.165, 1.54) is 19.3 Å². The highest BCUT2D eigenvalue weighted by Crippen LogP contribution is 2.11. The summed E-state index contributed by atoms with van der Waals surface area (Å²) in [6, 6.07) is 6.52. The van der Waals surface area contributed by atoms with E-state index in [2.05, 4.69) is 31.5 Å². The minimum atomic E-state index is 0.597. The topological polar surface area (TPSA) is 37.0 Å². The summed E-state index contributed by atoms with van der Waals surface area (Å²) in [7, 11) is 0. The smallest absolute Gasteiger partial charge is 0.127 e. The molecule has 2 rings (SSSR count). The summed E-state index contributed by atoms with van der Waals surface area (Å²) in [6.07, 6.45) is 3.91. The van der Waals surface area contributed by atoms with Crippen molar-refractivity contribution in [3.8, 4) is 0 Å². The normalized spacial score (nSPS) is 21.3. The second-order valence-electron chi connectivity index (χ2n) is 3.87. The van der Waals surface area contributed by atoms with Gasteiger partial charge in [0.1, 0.15) is 10.4 Å². The van der Waals surface area contributed by atoms with Crippen LogP contribution in [-0.2, 0) is 0 Å². The quantitative estimate of drug-likeness (QED) is 0.828. The molecule has 2 heterocycles. The molecule has 1 aromatic heterocycles. The van der Waals surface area contributed by atoms with Gasteiger partial charge in [0, 0.05) is 12.6 Å². The lowest BCUT2D eigenvalue weighted by Crippen LogP contribution is -2.39. The van der Waals surface area contributed by atoms with E-state index >= 15 is 0 Å². The van der Waals surface area contributed by atoms with Crippen LogP contribution in [0.1, 0.15) is 19.3 Å². The first-order valence-corrected chi connectivity index (χ1v) is 6.24. The first kappa shape index (κ1) is 10.9. The molecule has 0 radical (unpaired) electrons. The second-order valence-corrected chi connectivity index (χ2v) is 4.69. The summed E-state index contributed by atoms with van der Waals surface area (Å²) in [6.45, 7) is 2.11. The highest BCUT2D eigenvalue weighted by Gasteiger charge is 2.11. The van der Waals surface area contributed by atoms with Gasteiger partial charge in [-0.1, -0.05) is 12.5 Å². The van der Waals surface area contributed by atoms with Crippen LogP contribution >= 0.6 is 15.9 Å². The van der Waals surface area contributed by atoms with Gasteiger partial charge in [0.15, 0.2) is 0 Å². The number of nitrogens with zero attached hydrogens (tertiary/aromatic N) is 1. The monoisotopic (exact) mass is 269 g/mol. The zero-order valence-electron chi connectivity index (χ0n) is 8.67. The molecule has 1 aliphatic heterocycles. The lowest BCUT2D eigenvalue weighted by atomic mass is 10.1. The van der Waals surface area contributed by atoms with Gasteiger partial charge in [-0.05, 0) is 47.4 Å². The summed E-state index contributed by atoms with van der Waals surface area (Å²) < 4.78 is 0.879. The van der Waals surface area contributed by atoms with Crippen molar-refractivity contribution in [3.63, 3.8) is 0 Å². The maximum Gasteiger partial charge on any atom is 0.127 e. The van der Waals surface area contributed by atoms with Crippen LogP contribution in [0.2, 0.25) is 0 Å². The van der Waals surface area contributed by atoms with Gasteiger partial charge in [0.25, 0.3) is 0 Å². The zero-order chi connectivity index (χ0) is 10.5. The predicted molar refractivity (Wildman–Crippen MR) is 66.1 cm³/mol. The fourth-order valence-corrected chi connectivity index (χ4v) is 2.18. The van der Waals surface area contributed by atoms with E-state index in [0.717, 1.165) is 23.5 Å². The third-order valence-electron chi connectivity index (χ3n) is 2.66. The Balaban J connectivity index is 1.81. The minimum Gasteiger partial charge on any atom is -0.368 e. The zero-order valence-corrected chi connectivity index (χ0v) is 10.3. The van der Waals surface area contributed by atoms with Gasteiger partial charge in [-0.2, -0.15) is 0 Å². The highest BCUT2D eigenvalue weighted by molar-refractivity contribution is 9.10. The maximum atomic E-state index is 4.34. The minimum absolute atomic E-state index is 0.597. The van der Waals surface area contributed by atoms with E-state index in [9.17, 15) is 0 Å². The standard InChI is InChI=1S/C11H16BrN3/c12-10-5-3-6-11(15-10)14-8-9-4-1-2-7-13-9/h3,5-6,9,13H,1-2,4,7-8H2,(H,14,15)/t9-/m1/s1. The molecule has 4 heteroatoms. The van der Waals surface area contributed by atoms with Crippen LogP contribution in [0.4, 0.5) is 5.82 Å². The van der Waals surface area contributed by atoms with Crippen LogP contribution in [0.15, 0.2) is 22.8 Å². The van der Waals surface area contributed by atoms with E-state index in [-0.39, 0.29) is 0 Å². The van der Waals surface area contributed by atoms with Crippen LogP contribution in [0.25, 0.3) is 0 Å². The van der Waals surface area contributed by atoms with E-state index in [1.54, 1.807) is 0 Å². The molecule has 1 saturated heterocycles. The van der Waals surface area contributed by atoms with Crippen LogP contribution < -0.4 is 10.6 Å². The summed E-state index contributed by atoms with van der Waals surface area (Å²) >= 11 is 3.36. The molecule has 15 heavy (non-hydrogen) atoms. The molecule has 0 unspecified atom stereocenters. The summed E-state index contributed by atoms with van der Waals surface area (Å²) in [5, 5.41) is 6.85. The summed E-state index contributed by atoms with van der Waals surface area (Å²) in [5.74, 6) is 0.941. The number of pyridine rings is 1. The molecule has 1 fully saturated rings. The molecule has 82 valence electrons. The largest absolute Gasteiger partial charge is 0.368 e. The van der Waals surface area contributed by atoms with E-state index < -0.39 is 0 Å². The van der Waals surface area contributed by atoms with Crippen molar-refractivity contribution < 1.29 is 0 Å². The number of rotatable bonds is 3. The number of hydrogen-bond donors (Lipinski definition) is 2. The Morgan fingerprint density at radius 1 is 1.47 bits per heavy atom. The van der Waals surface area contributed by atoms with Crippen LogP contribution in [0, 0.1) is 0 Å². The molecule has 0 amide bonds.